The van der Waals surface area contributed by atoms with E-state index in [4.69, 9.17) is 0 Å². The van der Waals surface area contributed by atoms with Gasteiger partial charge < -0.3 is 5.11 Å². The van der Waals surface area contributed by atoms with Crippen LogP contribution in [0.4, 0.5) is 13.2 Å². The number of benzene rings is 2. The maximum atomic E-state index is 13.0. The summed E-state index contributed by atoms with van der Waals surface area (Å²) >= 11 is 1.47. The molecule has 2 atom stereocenters. The number of aryl methyl sites for hydroxylation is 3. The summed E-state index contributed by atoms with van der Waals surface area (Å²) in [5.74, 6) is 0.886. The van der Waals surface area contributed by atoms with E-state index in [1.165, 1.54) is 23.9 Å². The molecule has 0 saturated heterocycles. The molecule has 1 N–H and O–H groups in total. The third-order valence-electron chi connectivity index (χ3n) is 5.90. The van der Waals surface area contributed by atoms with E-state index in [1.54, 1.807) is 0 Å². The van der Waals surface area contributed by atoms with Crippen LogP contribution in [0.3, 0.4) is 0 Å². The van der Waals surface area contributed by atoms with Crippen molar-refractivity contribution in [3.8, 4) is 0 Å². The number of rotatable bonds is 5. The lowest BCUT2D eigenvalue weighted by molar-refractivity contribution is -0.137. The van der Waals surface area contributed by atoms with Gasteiger partial charge in [-0.2, -0.15) is 13.2 Å². The number of aliphatic hydroxyl groups is 1. The summed E-state index contributed by atoms with van der Waals surface area (Å²) in [5.41, 5.74) is 3.70. The van der Waals surface area contributed by atoms with Crippen LogP contribution in [-0.4, -0.2) is 16.6 Å². The van der Waals surface area contributed by atoms with Crippen molar-refractivity contribution in [2.75, 3.05) is 5.75 Å². The Morgan fingerprint density at radius 2 is 1.58 bits per heavy atom. The topological polar surface area (TPSA) is 37.3 Å². The third kappa shape index (κ3) is 6.66. The fraction of sp³-hybridized carbons (Fsp3) is 0.444. The molecule has 3 rings (SSSR count). The van der Waals surface area contributed by atoms with Crippen molar-refractivity contribution < 1.29 is 23.1 Å². The minimum atomic E-state index is -4.34. The minimum absolute atomic E-state index is 0.00394. The van der Waals surface area contributed by atoms with Crippen LogP contribution in [0.1, 0.15) is 61.4 Å². The number of ketones is 1. The van der Waals surface area contributed by atoms with Crippen LogP contribution in [0.5, 0.6) is 0 Å². The number of carbonyl (C=O) groups is 1. The van der Waals surface area contributed by atoms with E-state index in [1.807, 2.05) is 53.7 Å². The first kappa shape index (κ1) is 27.0. The lowest BCUT2D eigenvalue weighted by atomic mass is 9.77. The van der Waals surface area contributed by atoms with E-state index in [2.05, 4.69) is 0 Å². The molecule has 33 heavy (non-hydrogen) atoms. The third-order valence-corrected chi connectivity index (χ3v) is 7.19. The number of alkyl halides is 3. The summed E-state index contributed by atoms with van der Waals surface area (Å²) in [7, 11) is 0. The molecule has 1 aliphatic rings. The molecule has 0 amide bonds. The molecule has 2 nitrogen and oxygen atoms in total. The second-order valence-corrected chi connectivity index (χ2v) is 9.59. The number of hydrogen-bond acceptors (Lipinski definition) is 3. The monoisotopic (exact) mass is 478 g/mol. The Morgan fingerprint density at radius 3 is 2.06 bits per heavy atom. The van der Waals surface area contributed by atoms with Crippen molar-refractivity contribution >= 4 is 23.1 Å². The summed E-state index contributed by atoms with van der Waals surface area (Å²) in [6.07, 6.45) is -3.54. The van der Waals surface area contributed by atoms with Crippen molar-refractivity contribution in [1.82, 2.24) is 0 Å². The SMILES string of the molecule is CC.Cc1cc(C)c(C2=C(O)CC(C(C)CSc3ccc(C(F)(F)F)cc3)CC2=O)c(C)c1. The Balaban J connectivity index is 0.00000187. The Hall–Kier alpha value is -2.21. The highest BCUT2D eigenvalue weighted by Crippen LogP contribution is 2.39. The van der Waals surface area contributed by atoms with E-state index < -0.39 is 11.7 Å². The van der Waals surface area contributed by atoms with Crippen molar-refractivity contribution in [3.05, 3.63) is 70.0 Å². The van der Waals surface area contributed by atoms with Gasteiger partial charge in [0.25, 0.3) is 0 Å². The number of Topliss-reactive ketones (excluding diaryl/α,β-unsaturated/α-hetero) is 1. The van der Waals surface area contributed by atoms with Gasteiger partial charge in [0.2, 0.25) is 0 Å². The lowest BCUT2D eigenvalue weighted by Gasteiger charge is -2.29. The molecular formula is C27H33F3O2S. The van der Waals surface area contributed by atoms with Crippen molar-refractivity contribution in [3.63, 3.8) is 0 Å². The van der Waals surface area contributed by atoms with Crippen LogP contribution in [0.15, 0.2) is 47.1 Å². The highest BCUT2D eigenvalue weighted by molar-refractivity contribution is 7.99. The first-order valence-corrected chi connectivity index (χ1v) is 12.3. The molecule has 0 fully saturated rings. The molecule has 0 spiro atoms. The van der Waals surface area contributed by atoms with Crippen LogP contribution in [-0.2, 0) is 11.0 Å². The highest BCUT2D eigenvalue weighted by Gasteiger charge is 2.33. The first-order valence-electron chi connectivity index (χ1n) is 11.3. The van der Waals surface area contributed by atoms with Gasteiger partial charge >= 0.3 is 6.18 Å². The molecule has 2 aromatic rings. The van der Waals surface area contributed by atoms with Gasteiger partial charge in [-0.3, -0.25) is 4.79 Å². The second kappa shape index (κ2) is 11.3. The molecule has 6 heteroatoms. The van der Waals surface area contributed by atoms with Gasteiger partial charge in [-0.05, 0) is 73.6 Å². The molecule has 1 aliphatic carbocycles. The lowest BCUT2D eigenvalue weighted by Crippen LogP contribution is -2.25. The van der Waals surface area contributed by atoms with Crippen molar-refractivity contribution in [2.24, 2.45) is 11.8 Å². The molecule has 0 radical (unpaired) electrons. The largest absolute Gasteiger partial charge is 0.512 e. The van der Waals surface area contributed by atoms with Crippen LogP contribution in [0.2, 0.25) is 0 Å². The Labute approximate surface area is 199 Å². The normalized spacial score (nSPS) is 17.5. The van der Waals surface area contributed by atoms with E-state index >= 15 is 0 Å². The highest BCUT2D eigenvalue weighted by atomic mass is 32.2. The number of carbonyl (C=O) groups excluding carboxylic acids is 1. The molecule has 180 valence electrons. The zero-order valence-corrected chi connectivity index (χ0v) is 21.0. The summed E-state index contributed by atoms with van der Waals surface area (Å²) in [5, 5.41) is 10.8. The molecular weight excluding hydrogens is 445 g/mol. The van der Waals surface area contributed by atoms with Crippen LogP contribution in [0, 0.1) is 32.6 Å². The first-order chi connectivity index (χ1) is 15.5. The second-order valence-electron chi connectivity index (χ2n) is 8.50. The number of thioether (sulfide) groups is 1. The smallest absolute Gasteiger partial charge is 0.416 e. The number of allylic oxidation sites excluding steroid dienone is 2. The fourth-order valence-corrected chi connectivity index (χ4v) is 5.34. The zero-order valence-electron chi connectivity index (χ0n) is 20.1. The number of hydrogen-bond donors (Lipinski definition) is 1. The van der Waals surface area contributed by atoms with Crippen LogP contribution >= 0.6 is 11.8 Å². The van der Waals surface area contributed by atoms with Crippen LogP contribution in [0.25, 0.3) is 5.57 Å². The minimum Gasteiger partial charge on any atom is -0.512 e. The standard InChI is InChI=1S/C25H27F3O2S.C2H6/c1-14-9-15(2)23(16(3)10-14)24-21(29)11-18(12-22(24)30)17(4)13-31-20-7-5-19(6-8-20)25(26,27)28;1-2/h5-10,17-18,29H,11-13H2,1-4H3;1-2H3. The van der Waals surface area contributed by atoms with Gasteiger partial charge in [0, 0.05) is 23.5 Å². The molecule has 0 aliphatic heterocycles. The molecule has 0 heterocycles. The average molecular weight is 479 g/mol. The predicted octanol–water partition coefficient (Wildman–Crippen LogP) is 8.33. The number of halogens is 3. The van der Waals surface area contributed by atoms with Gasteiger partial charge in [-0.25, -0.2) is 0 Å². The quantitative estimate of drug-likeness (QED) is 0.439. The van der Waals surface area contributed by atoms with Gasteiger partial charge in [-0.1, -0.05) is 38.5 Å². The summed E-state index contributed by atoms with van der Waals surface area (Å²) in [6.45, 7) is 11.9. The zero-order chi connectivity index (χ0) is 24.9. The van der Waals surface area contributed by atoms with Gasteiger partial charge in [0.05, 0.1) is 11.1 Å². The number of aliphatic hydroxyl groups excluding tert-OH is 1. The average Bonchev–Trinajstić information content (AvgIpc) is 2.74. The van der Waals surface area contributed by atoms with Gasteiger partial charge in [-0.15, -0.1) is 11.8 Å². The van der Waals surface area contributed by atoms with E-state index in [-0.39, 0.29) is 23.4 Å². The summed E-state index contributed by atoms with van der Waals surface area (Å²) in [6, 6.07) is 9.17. The molecule has 2 aromatic carbocycles. The maximum absolute atomic E-state index is 13.0. The van der Waals surface area contributed by atoms with E-state index in [0.29, 0.717) is 24.2 Å². The van der Waals surface area contributed by atoms with Gasteiger partial charge in [0.15, 0.2) is 5.78 Å². The van der Waals surface area contributed by atoms with Crippen molar-refractivity contribution in [1.29, 1.82) is 0 Å². The van der Waals surface area contributed by atoms with E-state index in [0.717, 1.165) is 39.3 Å². The van der Waals surface area contributed by atoms with Crippen LogP contribution < -0.4 is 0 Å². The predicted molar refractivity (Wildman–Crippen MR) is 131 cm³/mol. The maximum Gasteiger partial charge on any atom is 0.416 e. The molecule has 0 bridgehead atoms. The summed E-state index contributed by atoms with van der Waals surface area (Å²) < 4.78 is 38.1. The fourth-order valence-electron chi connectivity index (χ4n) is 4.29. The van der Waals surface area contributed by atoms with Gasteiger partial charge in [0.1, 0.15) is 5.76 Å². The molecule has 0 aromatic heterocycles. The Morgan fingerprint density at radius 1 is 1.03 bits per heavy atom. The molecule has 2 unspecified atom stereocenters. The van der Waals surface area contributed by atoms with E-state index in [9.17, 15) is 23.1 Å². The van der Waals surface area contributed by atoms with Crippen molar-refractivity contribution in [2.45, 2.75) is 65.5 Å². The summed E-state index contributed by atoms with van der Waals surface area (Å²) in [4.78, 5) is 13.7. The Kier molecular flexibility index (Phi) is 9.24. The Bertz CT molecular complexity index is 984. The molecule has 0 saturated carbocycles.